The molecule has 1 unspecified atom stereocenters. The van der Waals surface area contributed by atoms with E-state index >= 15 is 0 Å². The Hall–Kier alpha value is -2.76. The van der Waals surface area contributed by atoms with E-state index in [0.717, 1.165) is 46.3 Å². The first-order valence-corrected chi connectivity index (χ1v) is 10.1. The summed E-state index contributed by atoms with van der Waals surface area (Å²) in [4.78, 5) is 23.9. The summed E-state index contributed by atoms with van der Waals surface area (Å²) in [6.07, 6.45) is 3.46. The number of carbonyl (C=O) groups is 2. The molecule has 1 aromatic heterocycles. The Kier molecular flexibility index (Phi) is 7.48. The van der Waals surface area contributed by atoms with E-state index < -0.39 is 17.9 Å². The smallest absolute Gasteiger partial charge is 0.326 e. The van der Waals surface area contributed by atoms with E-state index in [1.165, 1.54) is 6.08 Å². The molecule has 6 nitrogen and oxygen atoms in total. The van der Waals surface area contributed by atoms with E-state index in [2.05, 4.69) is 5.32 Å². The lowest BCUT2D eigenvalue weighted by Gasteiger charge is -2.16. The molecule has 0 aliphatic heterocycles. The number of unbranched alkanes of at least 4 members (excludes halogenated alkanes) is 1. The lowest BCUT2D eigenvalue weighted by Crippen LogP contribution is -2.40. The van der Waals surface area contributed by atoms with Crippen molar-refractivity contribution in [2.45, 2.75) is 66.8 Å². The Labute approximate surface area is 171 Å². The standard InChI is InChI=1S/C23H31NO5/c1-7-9-10-19(23(26)27)24-20(25)11-13(3)17-12-18-14(4)16(6)29-22(18)15(5)21(17)28-8-2/h11-12,19H,7-10H2,1-6H3,(H,24,25)(H,26,27)/b13-11+. The van der Waals surface area contributed by atoms with Crippen molar-refractivity contribution in [3.63, 3.8) is 0 Å². The fraction of sp³-hybridized carbons (Fsp3) is 0.478. The predicted molar refractivity (Wildman–Crippen MR) is 114 cm³/mol. The van der Waals surface area contributed by atoms with Crippen molar-refractivity contribution < 1.29 is 23.8 Å². The first-order valence-electron chi connectivity index (χ1n) is 10.1. The van der Waals surface area contributed by atoms with Crippen molar-refractivity contribution in [1.82, 2.24) is 5.32 Å². The second-order valence-electron chi connectivity index (χ2n) is 7.34. The van der Waals surface area contributed by atoms with Crippen molar-refractivity contribution in [2.75, 3.05) is 6.61 Å². The summed E-state index contributed by atoms with van der Waals surface area (Å²) in [6, 6.07) is 1.09. The fourth-order valence-electron chi connectivity index (χ4n) is 3.39. The summed E-state index contributed by atoms with van der Waals surface area (Å²) in [5.74, 6) is 0.0827. The van der Waals surface area contributed by atoms with Crippen LogP contribution in [0.1, 0.15) is 62.5 Å². The Bertz CT molecular complexity index is 939. The highest BCUT2D eigenvalue weighted by molar-refractivity contribution is 5.99. The molecule has 0 spiro atoms. The molecular formula is C23H31NO5. The molecule has 0 aliphatic rings. The molecule has 2 N–H and O–H groups in total. The van der Waals surface area contributed by atoms with Crippen LogP contribution in [0.2, 0.25) is 0 Å². The molecule has 0 bridgehead atoms. The largest absolute Gasteiger partial charge is 0.493 e. The van der Waals surface area contributed by atoms with Gasteiger partial charge in [-0.15, -0.1) is 0 Å². The zero-order valence-corrected chi connectivity index (χ0v) is 18.1. The molecule has 2 rings (SSSR count). The van der Waals surface area contributed by atoms with E-state index in [9.17, 15) is 14.7 Å². The van der Waals surface area contributed by atoms with Gasteiger partial charge in [0, 0.05) is 22.6 Å². The molecule has 6 heteroatoms. The third kappa shape index (κ3) is 5.00. The molecule has 1 heterocycles. The van der Waals surface area contributed by atoms with Crippen LogP contribution in [0.3, 0.4) is 0 Å². The van der Waals surface area contributed by atoms with Crippen LogP contribution in [-0.4, -0.2) is 29.6 Å². The third-order valence-electron chi connectivity index (χ3n) is 5.17. The maximum atomic E-state index is 12.5. The van der Waals surface area contributed by atoms with Crippen molar-refractivity contribution >= 4 is 28.4 Å². The quantitative estimate of drug-likeness (QED) is 0.582. The number of hydrogen-bond acceptors (Lipinski definition) is 4. The molecule has 158 valence electrons. The average molecular weight is 402 g/mol. The van der Waals surface area contributed by atoms with E-state index in [1.807, 2.05) is 47.6 Å². The topological polar surface area (TPSA) is 88.8 Å². The Morgan fingerprint density at radius 3 is 2.52 bits per heavy atom. The van der Waals surface area contributed by atoms with Crippen LogP contribution < -0.4 is 10.1 Å². The van der Waals surface area contributed by atoms with Crippen molar-refractivity contribution in [1.29, 1.82) is 0 Å². The van der Waals surface area contributed by atoms with Crippen LogP contribution >= 0.6 is 0 Å². The molecule has 0 saturated carbocycles. The minimum atomic E-state index is -1.02. The number of amides is 1. The van der Waals surface area contributed by atoms with Gasteiger partial charge in [0.05, 0.1) is 6.61 Å². The molecule has 0 aliphatic carbocycles. The van der Waals surface area contributed by atoms with Gasteiger partial charge >= 0.3 is 5.97 Å². The summed E-state index contributed by atoms with van der Waals surface area (Å²) >= 11 is 0. The summed E-state index contributed by atoms with van der Waals surface area (Å²) in [5.41, 5.74) is 4.23. The predicted octanol–water partition coefficient (Wildman–Crippen LogP) is 4.92. The number of fused-ring (bicyclic) bond motifs is 1. The fourth-order valence-corrected chi connectivity index (χ4v) is 3.39. The van der Waals surface area contributed by atoms with Gasteiger partial charge in [-0.3, -0.25) is 4.79 Å². The number of aryl methyl sites for hydroxylation is 3. The van der Waals surface area contributed by atoms with Gasteiger partial charge in [0.25, 0.3) is 0 Å². The highest BCUT2D eigenvalue weighted by Crippen LogP contribution is 2.38. The third-order valence-corrected chi connectivity index (χ3v) is 5.17. The maximum absolute atomic E-state index is 12.5. The van der Waals surface area contributed by atoms with Crippen LogP contribution in [0.15, 0.2) is 16.6 Å². The number of benzene rings is 1. The number of allylic oxidation sites excluding steroid dienone is 1. The number of carbonyl (C=O) groups excluding carboxylic acids is 1. The van der Waals surface area contributed by atoms with Gasteiger partial charge in [-0.1, -0.05) is 19.8 Å². The molecule has 0 radical (unpaired) electrons. The normalized spacial score (nSPS) is 12.8. The van der Waals surface area contributed by atoms with Crippen LogP contribution in [-0.2, 0) is 9.59 Å². The number of rotatable bonds is 9. The van der Waals surface area contributed by atoms with Crippen LogP contribution in [0.25, 0.3) is 16.5 Å². The zero-order valence-electron chi connectivity index (χ0n) is 18.1. The molecule has 2 aromatic rings. The number of aliphatic carboxylic acids is 1. The van der Waals surface area contributed by atoms with Crippen LogP contribution in [0.5, 0.6) is 5.75 Å². The molecule has 0 saturated heterocycles. The lowest BCUT2D eigenvalue weighted by molar-refractivity contribution is -0.141. The van der Waals surface area contributed by atoms with E-state index in [0.29, 0.717) is 24.4 Å². The van der Waals surface area contributed by atoms with Crippen LogP contribution in [0, 0.1) is 20.8 Å². The van der Waals surface area contributed by atoms with E-state index in [4.69, 9.17) is 9.15 Å². The number of hydrogen-bond donors (Lipinski definition) is 2. The summed E-state index contributed by atoms with van der Waals surface area (Å²) in [7, 11) is 0. The number of furan rings is 1. The summed E-state index contributed by atoms with van der Waals surface area (Å²) in [6.45, 7) is 12.1. The van der Waals surface area contributed by atoms with Crippen molar-refractivity contribution in [3.8, 4) is 5.75 Å². The minimum Gasteiger partial charge on any atom is -0.493 e. The average Bonchev–Trinajstić information content (AvgIpc) is 2.95. The van der Waals surface area contributed by atoms with Gasteiger partial charge in [-0.05, 0) is 58.2 Å². The molecule has 1 amide bonds. The van der Waals surface area contributed by atoms with E-state index in [1.54, 1.807) is 0 Å². The Balaban J connectivity index is 2.43. The second kappa shape index (κ2) is 9.63. The van der Waals surface area contributed by atoms with Crippen molar-refractivity contribution in [3.05, 3.63) is 34.6 Å². The molecular weight excluding hydrogens is 370 g/mol. The summed E-state index contributed by atoms with van der Waals surface area (Å²) in [5, 5.41) is 12.9. The Morgan fingerprint density at radius 2 is 1.93 bits per heavy atom. The van der Waals surface area contributed by atoms with Gasteiger partial charge in [0.1, 0.15) is 23.1 Å². The number of carboxylic acid groups (broad SMARTS) is 1. The molecule has 1 aromatic carbocycles. The van der Waals surface area contributed by atoms with Crippen molar-refractivity contribution in [2.24, 2.45) is 0 Å². The monoisotopic (exact) mass is 401 g/mol. The molecule has 1 atom stereocenters. The van der Waals surface area contributed by atoms with Gasteiger partial charge in [0.15, 0.2) is 0 Å². The first-order chi connectivity index (χ1) is 13.7. The van der Waals surface area contributed by atoms with Gasteiger partial charge in [-0.2, -0.15) is 0 Å². The molecule has 29 heavy (non-hydrogen) atoms. The van der Waals surface area contributed by atoms with Gasteiger partial charge in [-0.25, -0.2) is 4.79 Å². The number of carboxylic acids is 1. The molecule has 0 fully saturated rings. The summed E-state index contributed by atoms with van der Waals surface area (Å²) < 4.78 is 11.8. The zero-order chi connectivity index (χ0) is 21.7. The highest BCUT2D eigenvalue weighted by Gasteiger charge is 2.21. The number of ether oxygens (including phenoxy) is 1. The van der Waals surface area contributed by atoms with Gasteiger partial charge in [0.2, 0.25) is 5.91 Å². The van der Waals surface area contributed by atoms with Crippen LogP contribution in [0.4, 0.5) is 0 Å². The lowest BCUT2D eigenvalue weighted by atomic mass is 9.98. The first kappa shape index (κ1) is 22.5. The number of nitrogens with one attached hydrogen (secondary N) is 1. The van der Waals surface area contributed by atoms with E-state index in [-0.39, 0.29) is 0 Å². The second-order valence-corrected chi connectivity index (χ2v) is 7.34. The van der Waals surface area contributed by atoms with Gasteiger partial charge < -0.3 is 19.6 Å². The maximum Gasteiger partial charge on any atom is 0.326 e. The minimum absolute atomic E-state index is 0.410. The highest BCUT2D eigenvalue weighted by atomic mass is 16.5. The Morgan fingerprint density at radius 1 is 1.24 bits per heavy atom. The SMILES string of the molecule is CCCCC(NC(=O)/C=C(\C)c1cc2c(C)c(C)oc2c(C)c1OCC)C(=O)O.